The van der Waals surface area contributed by atoms with Crippen molar-refractivity contribution in [3.05, 3.63) is 28.1 Å². The molecule has 0 aliphatic heterocycles. The summed E-state index contributed by atoms with van der Waals surface area (Å²) in [5, 5.41) is 1.94. The predicted molar refractivity (Wildman–Crippen MR) is 70.8 cm³/mol. The van der Waals surface area contributed by atoms with Crippen LogP contribution in [0, 0.1) is 0 Å². The minimum Gasteiger partial charge on any atom is -0.494 e. The maximum Gasteiger partial charge on any atom is 0.120 e. The Hall–Kier alpha value is -0.770. The Labute approximate surface area is 104 Å². The van der Waals surface area contributed by atoms with Crippen molar-refractivity contribution < 1.29 is 4.74 Å². The van der Waals surface area contributed by atoms with Gasteiger partial charge in [0.1, 0.15) is 5.75 Å². The van der Waals surface area contributed by atoms with Crippen molar-refractivity contribution in [1.29, 1.82) is 0 Å². The molecule has 0 unspecified atom stereocenters. The van der Waals surface area contributed by atoms with Crippen molar-refractivity contribution in [2.24, 2.45) is 5.73 Å². The summed E-state index contributed by atoms with van der Waals surface area (Å²) in [6, 6.07) is 6.01. The van der Waals surface area contributed by atoms with E-state index in [0.29, 0.717) is 13.2 Å². The zero-order chi connectivity index (χ0) is 11.5. The molecule has 0 spiro atoms. The van der Waals surface area contributed by atoms with Crippen LogP contribution in [-0.2, 0) is 6.42 Å². The summed E-state index contributed by atoms with van der Waals surface area (Å²) < 4.78 is 6.63. The number of nitrogens with two attached hydrogens (primary N) is 1. The average Bonchev–Trinajstić information content (AvgIpc) is 2.57. The van der Waals surface area contributed by atoms with Crippen molar-refractivity contribution in [1.82, 2.24) is 0 Å². The fraction of sp³-hybridized carbons (Fsp3) is 0.333. The van der Waals surface area contributed by atoms with Gasteiger partial charge in [-0.3, -0.25) is 0 Å². The van der Waals surface area contributed by atoms with E-state index in [1.165, 1.54) is 4.70 Å². The molecular formula is C12H14ClNOS. The van der Waals surface area contributed by atoms with Crippen molar-refractivity contribution in [3.63, 3.8) is 0 Å². The highest BCUT2D eigenvalue weighted by molar-refractivity contribution is 7.19. The van der Waals surface area contributed by atoms with Crippen molar-refractivity contribution in [3.8, 4) is 5.75 Å². The van der Waals surface area contributed by atoms with E-state index in [4.69, 9.17) is 22.1 Å². The lowest BCUT2D eigenvalue weighted by atomic mass is 10.2. The molecule has 0 saturated carbocycles. The van der Waals surface area contributed by atoms with Crippen LogP contribution in [0.4, 0.5) is 0 Å². The molecular weight excluding hydrogens is 242 g/mol. The molecule has 0 aliphatic carbocycles. The van der Waals surface area contributed by atoms with Crippen molar-refractivity contribution in [2.45, 2.75) is 13.3 Å². The Morgan fingerprint density at radius 2 is 2.25 bits per heavy atom. The Balaban J connectivity index is 2.45. The maximum atomic E-state index is 6.28. The molecule has 2 aromatic rings. The minimum absolute atomic E-state index is 0.630. The first-order valence-corrected chi connectivity index (χ1v) is 6.49. The van der Waals surface area contributed by atoms with Crippen LogP contribution in [0.1, 0.15) is 11.8 Å². The van der Waals surface area contributed by atoms with E-state index in [9.17, 15) is 0 Å². The Morgan fingerprint density at radius 1 is 1.44 bits per heavy atom. The van der Waals surface area contributed by atoms with Gasteiger partial charge in [-0.05, 0) is 38.1 Å². The summed E-state index contributed by atoms with van der Waals surface area (Å²) in [4.78, 5) is 1.16. The van der Waals surface area contributed by atoms with E-state index in [-0.39, 0.29) is 0 Å². The predicted octanol–water partition coefficient (Wildman–Crippen LogP) is 3.45. The highest BCUT2D eigenvalue weighted by Crippen LogP contribution is 2.37. The van der Waals surface area contributed by atoms with Crippen LogP contribution < -0.4 is 10.5 Å². The van der Waals surface area contributed by atoms with E-state index >= 15 is 0 Å². The quantitative estimate of drug-likeness (QED) is 0.908. The van der Waals surface area contributed by atoms with Gasteiger partial charge in [-0.1, -0.05) is 11.6 Å². The summed E-state index contributed by atoms with van der Waals surface area (Å²) in [5.74, 6) is 0.896. The minimum atomic E-state index is 0.630. The number of fused-ring (bicyclic) bond motifs is 1. The highest BCUT2D eigenvalue weighted by Gasteiger charge is 2.10. The number of thiophene rings is 1. The zero-order valence-corrected chi connectivity index (χ0v) is 10.7. The topological polar surface area (TPSA) is 35.2 Å². The molecule has 16 heavy (non-hydrogen) atoms. The van der Waals surface area contributed by atoms with Crippen molar-refractivity contribution in [2.75, 3.05) is 13.2 Å². The van der Waals surface area contributed by atoms with Gasteiger partial charge in [0.05, 0.1) is 11.6 Å². The van der Waals surface area contributed by atoms with Gasteiger partial charge in [-0.25, -0.2) is 0 Å². The first-order valence-electron chi connectivity index (χ1n) is 5.30. The normalized spacial score (nSPS) is 10.9. The number of hydrogen-bond acceptors (Lipinski definition) is 3. The number of rotatable bonds is 4. The molecule has 2 N–H and O–H groups in total. The molecule has 1 aromatic carbocycles. The average molecular weight is 256 g/mol. The molecule has 1 heterocycles. The molecule has 0 fully saturated rings. The Morgan fingerprint density at radius 3 is 2.94 bits per heavy atom. The molecule has 2 rings (SSSR count). The third-order valence-corrected chi connectivity index (χ3v) is 4.11. The summed E-state index contributed by atoms with van der Waals surface area (Å²) in [7, 11) is 0. The van der Waals surface area contributed by atoms with Gasteiger partial charge >= 0.3 is 0 Å². The molecule has 0 amide bonds. The van der Waals surface area contributed by atoms with Crippen LogP contribution in [0.15, 0.2) is 18.2 Å². The molecule has 4 heteroatoms. The SMILES string of the molecule is CCOc1ccc2c(Cl)c(CCN)sc2c1. The Bertz CT molecular complexity index is 495. The van der Waals surface area contributed by atoms with Crippen molar-refractivity contribution >= 4 is 33.0 Å². The lowest BCUT2D eigenvalue weighted by Crippen LogP contribution is -2.01. The maximum absolute atomic E-state index is 6.28. The van der Waals surface area contributed by atoms with Gasteiger partial charge in [-0.2, -0.15) is 0 Å². The summed E-state index contributed by atoms with van der Waals surface area (Å²) in [6.07, 6.45) is 0.835. The number of halogens is 1. The van der Waals surface area contributed by atoms with Crippen LogP contribution in [0.25, 0.3) is 10.1 Å². The standard InChI is InChI=1S/C12H14ClNOS/c1-2-15-8-3-4-9-11(7-8)16-10(5-6-14)12(9)13/h3-4,7H,2,5-6,14H2,1H3. The third-order valence-electron chi connectivity index (χ3n) is 2.35. The lowest BCUT2D eigenvalue weighted by Gasteiger charge is -2.01. The van der Waals surface area contributed by atoms with E-state index in [2.05, 4.69) is 0 Å². The monoisotopic (exact) mass is 255 g/mol. The van der Waals surface area contributed by atoms with Crippen LogP contribution in [0.5, 0.6) is 5.75 Å². The second-order valence-corrected chi connectivity index (χ2v) is 4.98. The van der Waals surface area contributed by atoms with E-state index in [0.717, 1.165) is 27.5 Å². The molecule has 86 valence electrons. The van der Waals surface area contributed by atoms with E-state index < -0.39 is 0 Å². The fourth-order valence-electron chi connectivity index (χ4n) is 1.64. The van der Waals surface area contributed by atoms with Gasteiger partial charge in [0.25, 0.3) is 0 Å². The summed E-state index contributed by atoms with van der Waals surface area (Å²) >= 11 is 7.98. The van der Waals surface area contributed by atoms with Crippen LogP contribution in [-0.4, -0.2) is 13.2 Å². The highest BCUT2D eigenvalue weighted by atomic mass is 35.5. The molecule has 0 saturated heterocycles. The molecule has 0 aliphatic rings. The largest absolute Gasteiger partial charge is 0.494 e. The third kappa shape index (κ3) is 2.17. The van der Waals surface area contributed by atoms with Gasteiger partial charge < -0.3 is 10.5 Å². The molecule has 1 aromatic heterocycles. The van der Waals surface area contributed by atoms with Crippen LogP contribution in [0.2, 0.25) is 5.02 Å². The van der Waals surface area contributed by atoms with E-state index in [1.54, 1.807) is 11.3 Å². The zero-order valence-electron chi connectivity index (χ0n) is 9.13. The molecule has 2 nitrogen and oxygen atoms in total. The summed E-state index contributed by atoms with van der Waals surface area (Å²) in [6.45, 7) is 3.29. The molecule has 0 radical (unpaired) electrons. The van der Waals surface area contributed by atoms with Crippen LogP contribution in [0.3, 0.4) is 0 Å². The first kappa shape index (κ1) is 11.7. The van der Waals surface area contributed by atoms with Gasteiger partial charge in [-0.15, -0.1) is 11.3 Å². The second-order valence-electron chi connectivity index (χ2n) is 3.47. The first-order chi connectivity index (χ1) is 7.76. The smallest absolute Gasteiger partial charge is 0.120 e. The number of hydrogen-bond donors (Lipinski definition) is 1. The van der Waals surface area contributed by atoms with Gasteiger partial charge in [0, 0.05) is 15.0 Å². The Kier molecular flexibility index (Phi) is 3.69. The van der Waals surface area contributed by atoms with E-state index in [1.807, 2.05) is 25.1 Å². The number of benzene rings is 1. The molecule has 0 atom stereocenters. The second kappa shape index (κ2) is 5.04. The van der Waals surface area contributed by atoms with Gasteiger partial charge in [0.15, 0.2) is 0 Å². The lowest BCUT2D eigenvalue weighted by molar-refractivity contribution is 0.341. The van der Waals surface area contributed by atoms with Crippen LogP contribution >= 0.6 is 22.9 Å². The molecule has 0 bridgehead atoms. The van der Waals surface area contributed by atoms with Gasteiger partial charge in [0.2, 0.25) is 0 Å². The fourth-order valence-corrected chi connectivity index (χ4v) is 3.22. The number of ether oxygens (including phenoxy) is 1. The summed E-state index contributed by atoms with van der Waals surface area (Å²) in [5.41, 5.74) is 5.55.